The van der Waals surface area contributed by atoms with Crippen molar-refractivity contribution < 1.29 is 9.90 Å². The van der Waals surface area contributed by atoms with Gasteiger partial charge in [-0.3, -0.25) is 0 Å². The highest BCUT2D eigenvalue weighted by atomic mass is 16.4. The fourth-order valence-corrected chi connectivity index (χ4v) is 2.50. The van der Waals surface area contributed by atoms with Crippen molar-refractivity contribution in [2.45, 2.75) is 13.5 Å². The predicted molar refractivity (Wildman–Crippen MR) is 77.8 cm³/mol. The third kappa shape index (κ3) is 1.86. The molecule has 0 atom stereocenters. The largest absolute Gasteiger partial charge is 0.477 e. The summed E-state index contributed by atoms with van der Waals surface area (Å²) in [5, 5.41) is 11.4. The van der Waals surface area contributed by atoms with Crippen LogP contribution in [0.15, 0.2) is 48.7 Å². The van der Waals surface area contributed by atoms with Gasteiger partial charge in [0.2, 0.25) is 0 Å². The van der Waals surface area contributed by atoms with Gasteiger partial charge < -0.3 is 9.67 Å². The monoisotopic (exact) mass is 266 g/mol. The van der Waals surface area contributed by atoms with Gasteiger partial charge in [0, 0.05) is 12.1 Å². The number of aromatic carboxylic acids is 1. The van der Waals surface area contributed by atoms with E-state index in [2.05, 4.69) is 4.98 Å². The Hall–Kier alpha value is -2.62. The van der Waals surface area contributed by atoms with Gasteiger partial charge in [-0.1, -0.05) is 42.5 Å². The molecule has 0 saturated heterocycles. The molecular formula is C16H14N2O2. The zero-order valence-corrected chi connectivity index (χ0v) is 11.1. The van der Waals surface area contributed by atoms with Gasteiger partial charge in [-0.25, -0.2) is 9.78 Å². The van der Waals surface area contributed by atoms with Gasteiger partial charge in [-0.05, 0) is 17.7 Å². The van der Waals surface area contributed by atoms with E-state index in [0.717, 1.165) is 16.3 Å². The number of hydrogen-bond acceptors (Lipinski definition) is 2. The Morgan fingerprint density at radius 1 is 1.20 bits per heavy atom. The summed E-state index contributed by atoms with van der Waals surface area (Å²) in [5.41, 5.74) is 1.17. The minimum absolute atomic E-state index is 0.218. The maximum Gasteiger partial charge on any atom is 0.354 e. The van der Waals surface area contributed by atoms with E-state index in [0.29, 0.717) is 12.4 Å². The Balaban J connectivity index is 2.29. The van der Waals surface area contributed by atoms with Gasteiger partial charge in [-0.2, -0.15) is 0 Å². The lowest BCUT2D eigenvalue weighted by Gasteiger charge is -2.09. The van der Waals surface area contributed by atoms with Crippen LogP contribution < -0.4 is 0 Å². The zero-order valence-electron chi connectivity index (χ0n) is 11.1. The average Bonchev–Trinajstić information content (AvgIpc) is 2.90. The number of carboxylic acid groups (broad SMARTS) is 1. The molecule has 0 unspecified atom stereocenters. The highest BCUT2D eigenvalue weighted by molar-refractivity contribution is 5.96. The number of rotatable bonds is 3. The number of carbonyl (C=O) groups is 1. The molecule has 0 aliphatic rings. The first kappa shape index (κ1) is 12.4. The van der Waals surface area contributed by atoms with Crippen molar-refractivity contribution in [1.82, 2.24) is 9.55 Å². The first-order chi connectivity index (χ1) is 9.72. The minimum atomic E-state index is -0.953. The SMILES string of the molecule is CCn1c(C(=O)O)cnc1-c1cccc2ccccc12. The number of aromatic nitrogens is 2. The molecule has 0 aliphatic carbocycles. The molecule has 0 amide bonds. The van der Waals surface area contributed by atoms with E-state index < -0.39 is 5.97 Å². The van der Waals surface area contributed by atoms with E-state index in [4.69, 9.17) is 0 Å². The Bertz CT molecular complexity index is 785. The van der Waals surface area contributed by atoms with Crippen molar-refractivity contribution >= 4 is 16.7 Å². The second-order valence-corrected chi connectivity index (χ2v) is 4.54. The van der Waals surface area contributed by atoms with Crippen LogP contribution in [0.1, 0.15) is 17.4 Å². The van der Waals surface area contributed by atoms with Crippen LogP contribution >= 0.6 is 0 Å². The number of hydrogen-bond donors (Lipinski definition) is 1. The topological polar surface area (TPSA) is 55.1 Å². The highest BCUT2D eigenvalue weighted by Crippen LogP contribution is 2.28. The highest BCUT2D eigenvalue weighted by Gasteiger charge is 2.16. The molecule has 4 nitrogen and oxygen atoms in total. The molecule has 0 spiro atoms. The summed E-state index contributed by atoms with van der Waals surface area (Å²) >= 11 is 0. The number of nitrogens with zero attached hydrogens (tertiary/aromatic N) is 2. The lowest BCUT2D eigenvalue weighted by atomic mass is 10.0. The second kappa shape index (κ2) is 4.81. The molecule has 20 heavy (non-hydrogen) atoms. The number of fused-ring (bicyclic) bond motifs is 1. The molecule has 0 fully saturated rings. The van der Waals surface area contributed by atoms with Crippen molar-refractivity contribution in [1.29, 1.82) is 0 Å². The van der Waals surface area contributed by atoms with Gasteiger partial charge in [0.05, 0.1) is 6.20 Å². The molecule has 3 rings (SSSR count). The van der Waals surface area contributed by atoms with Crippen molar-refractivity contribution in [3.8, 4) is 11.4 Å². The van der Waals surface area contributed by atoms with Crippen LogP contribution in [-0.4, -0.2) is 20.6 Å². The third-order valence-corrected chi connectivity index (χ3v) is 3.42. The normalized spacial score (nSPS) is 10.8. The fourth-order valence-electron chi connectivity index (χ4n) is 2.50. The van der Waals surface area contributed by atoms with Gasteiger partial charge in [0.25, 0.3) is 0 Å². The van der Waals surface area contributed by atoms with Crippen molar-refractivity contribution in [3.05, 3.63) is 54.4 Å². The molecule has 0 radical (unpaired) electrons. The summed E-state index contributed by atoms with van der Waals surface area (Å²) in [6.45, 7) is 2.49. The van der Waals surface area contributed by atoms with Gasteiger partial charge in [-0.15, -0.1) is 0 Å². The minimum Gasteiger partial charge on any atom is -0.477 e. The number of carboxylic acids is 1. The van der Waals surface area contributed by atoms with Crippen LogP contribution in [0.2, 0.25) is 0 Å². The quantitative estimate of drug-likeness (QED) is 0.790. The van der Waals surface area contributed by atoms with Gasteiger partial charge in [0.1, 0.15) is 11.5 Å². The lowest BCUT2D eigenvalue weighted by molar-refractivity contribution is 0.0685. The molecule has 2 aromatic carbocycles. The van der Waals surface area contributed by atoms with Gasteiger partial charge >= 0.3 is 5.97 Å². The molecule has 0 saturated carbocycles. The molecule has 1 aromatic heterocycles. The fraction of sp³-hybridized carbons (Fsp3) is 0.125. The Kier molecular flexibility index (Phi) is 2.99. The van der Waals surface area contributed by atoms with Crippen LogP contribution in [0, 0.1) is 0 Å². The smallest absolute Gasteiger partial charge is 0.354 e. The first-order valence-corrected chi connectivity index (χ1v) is 6.49. The van der Waals surface area contributed by atoms with E-state index in [-0.39, 0.29) is 5.69 Å². The van der Waals surface area contributed by atoms with Gasteiger partial charge in [0.15, 0.2) is 0 Å². The average molecular weight is 266 g/mol. The summed E-state index contributed by atoms with van der Waals surface area (Å²) < 4.78 is 1.73. The summed E-state index contributed by atoms with van der Waals surface area (Å²) in [6.07, 6.45) is 1.42. The lowest BCUT2D eigenvalue weighted by Crippen LogP contribution is -2.08. The first-order valence-electron chi connectivity index (χ1n) is 6.49. The third-order valence-electron chi connectivity index (χ3n) is 3.42. The van der Waals surface area contributed by atoms with Crippen LogP contribution in [0.25, 0.3) is 22.2 Å². The van der Waals surface area contributed by atoms with Crippen molar-refractivity contribution in [3.63, 3.8) is 0 Å². The van der Waals surface area contributed by atoms with Crippen LogP contribution in [-0.2, 0) is 6.54 Å². The van der Waals surface area contributed by atoms with E-state index in [1.807, 2.05) is 49.4 Å². The Labute approximate surface area is 116 Å². The Morgan fingerprint density at radius 2 is 1.95 bits per heavy atom. The van der Waals surface area contributed by atoms with Crippen molar-refractivity contribution in [2.75, 3.05) is 0 Å². The molecule has 0 aliphatic heterocycles. The van der Waals surface area contributed by atoms with Crippen molar-refractivity contribution in [2.24, 2.45) is 0 Å². The van der Waals surface area contributed by atoms with E-state index in [9.17, 15) is 9.90 Å². The molecular weight excluding hydrogens is 252 g/mol. The number of imidazole rings is 1. The predicted octanol–water partition coefficient (Wildman–Crippen LogP) is 3.42. The molecule has 1 heterocycles. The molecule has 4 heteroatoms. The summed E-state index contributed by atoms with van der Waals surface area (Å²) in [5.74, 6) is -0.257. The molecule has 1 N–H and O–H groups in total. The standard InChI is InChI=1S/C16H14N2O2/c1-2-18-14(16(19)20)10-17-15(18)13-9-5-7-11-6-3-4-8-12(11)13/h3-10H,2H2,1H3,(H,19,20). The number of benzene rings is 2. The van der Waals surface area contributed by atoms with Crippen LogP contribution in [0.3, 0.4) is 0 Å². The summed E-state index contributed by atoms with van der Waals surface area (Å²) in [7, 11) is 0. The van der Waals surface area contributed by atoms with E-state index >= 15 is 0 Å². The van der Waals surface area contributed by atoms with Crippen LogP contribution in [0.5, 0.6) is 0 Å². The summed E-state index contributed by atoms with van der Waals surface area (Å²) in [4.78, 5) is 15.5. The second-order valence-electron chi connectivity index (χ2n) is 4.54. The molecule has 3 aromatic rings. The Morgan fingerprint density at radius 3 is 2.70 bits per heavy atom. The van der Waals surface area contributed by atoms with Crippen LogP contribution in [0.4, 0.5) is 0 Å². The van der Waals surface area contributed by atoms with E-state index in [1.54, 1.807) is 4.57 Å². The molecule has 0 bridgehead atoms. The maximum atomic E-state index is 11.2. The van der Waals surface area contributed by atoms with E-state index in [1.165, 1.54) is 6.20 Å². The zero-order chi connectivity index (χ0) is 14.1. The molecule has 100 valence electrons. The maximum absolute atomic E-state index is 11.2. The summed E-state index contributed by atoms with van der Waals surface area (Å²) in [6, 6.07) is 14.0.